The fourth-order valence-electron chi connectivity index (χ4n) is 12.4. The Kier molecular flexibility index (Phi) is 12.8. The number of nitrogens with zero attached hydrogens (tertiary/aromatic N) is 4. The summed E-state index contributed by atoms with van der Waals surface area (Å²) in [6.45, 7) is 15.8. The van der Waals surface area contributed by atoms with Gasteiger partial charge in [-0.3, -0.25) is 0 Å². The minimum absolute atomic E-state index is 0. The summed E-state index contributed by atoms with van der Waals surface area (Å²) in [4.78, 5) is 9.52. The van der Waals surface area contributed by atoms with Crippen molar-refractivity contribution < 1.29 is 25.8 Å². The molecular weight excluding hydrogens is 1170 g/mol. The van der Waals surface area contributed by atoms with Crippen molar-refractivity contribution in [3.8, 4) is 50.7 Å². The van der Waals surface area contributed by atoms with Crippen LogP contribution in [-0.4, -0.2) is 9.55 Å². The summed E-state index contributed by atoms with van der Waals surface area (Å²) >= 11 is 0. The second-order valence-corrected chi connectivity index (χ2v) is 23.3. The monoisotopic (exact) mass is 1230 g/mol. The van der Waals surface area contributed by atoms with Gasteiger partial charge in [0.2, 0.25) is 0 Å². The van der Waals surface area contributed by atoms with Gasteiger partial charge < -0.3 is 19.1 Å². The van der Waals surface area contributed by atoms with E-state index in [-0.39, 0.29) is 31.9 Å². The van der Waals surface area contributed by atoms with Crippen LogP contribution in [0.1, 0.15) is 74.9 Å². The molecule has 0 saturated heterocycles. The largest absolute Gasteiger partial charge is 0.509 e. The third kappa shape index (κ3) is 8.69. The van der Waals surface area contributed by atoms with Gasteiger partial charge in [-0.15, -0.1) is 48.1 Å². The molecule has 5 nitrogen and oxygen atoms in total. The van der Waals surface area contributed by atoms with Gasteiger partial charge >= 0.3 is 0 Å². The van der Waals surface area contributed by atoms with Gasteiger partial charge in [-0.05, 0) is 114 Å². The number of anilines is 4. The molecule has 0 N–H and O–H groups in total. The molecule has 0 atom stereocenters. The Hall–Kier alpha value is -8.76. The molecule has 12 aromatic rings. The average Bonchev–Trinajstić information content (AvgIpc) is 4.21. The second-order valence-electron chi connectivity index (χ2n) is 23.3. The third-order valence-electron chi connectivity index (χ3n) is 16.4. The summed E-state index contributed by atoms with van der Waals surface area (Å²) in [6.07, 6.45) is 1.91. The molecule has 81 heavy (non-hydrogen) atoms. The van der Waals surface area contributed by atoms with E-state index in [9.17, 15) is 0 Å². The molecule has 1 aliphatic heterocycles. The molecular formula is C75H59N4OPt-3. The topological polar surface area (TPSA) is 33.5 Å². The molecule has 0 radical (unpaired) electrons. The predicted octanol–water partition coefficient (Wildman–Crippen LogP) is 19.3. The average molecular weight is 1230 g/mol. The van der Waals surface area contributed by atoms with E-state index in [1.807, 2.05) is 24.4 Å². The Labute approximate surface area is 490 Å². The van der Waals surface area contributed by atoms with Crippen LogP contribution >= 0.6 is 0 Å². The number of para-hydroxylation sites is 3. The van der Waals surface area contributed by atoms with E-state index in [0.29, 0.717) is 11.5 Å². The maximum atomic E-state index is 6.79. The first-order valence-electron chi connectivity index (χ1n) is 27.7. The zero-order chi connectivity index (χ0) is 54.3. The third-order valence-corrected chi connectivity index (χ3v) is 16.4. The van der Waals surface area contributed by atoms with Gasteiger partial charge in [-0.25, -0.2) is 4.98 Å². The Balaban J connectivity index is 0.00000618. The van der Waals surface area contributed by atoms with Gasteiger partial charge in [0.05, 0.1) is 5.41 Å². The van der Waals surface area contributed by atoms with Crippen LogP contribution in [0.3, 0.4) is 0 Å². The molecule has 0 spiro atoms. The molecule has 0 saturated carbocycles. The van der Waals surface area contributed by atoms with Crippen LogP contribution in [0.25, 0.3) is 61.0 Å². The molecule has 1 aliphatic carbocycles. The van der Waals surface area contributed by atoms with Crippen LogP contribution in [0.4, 0.5) is 22.7 Å². The number of ether oxygens (including phenoxy) is 1. The molecule has 0 fully saturated rings. The van der Waals surface area contributed by atoms with Crippen molar-refractivity contribution >= 4 is 44.6 Å². The van der Waals surface area contributed by atoms with E-state index in [0.717, 1.165) is 72.6 Å². The molecule has 6 heteroatoms. The summed E-state index contributed by atoms with van der Waals surface area (Å²) in [5.41, 5.74) is 19.8. The standard InChI is InChI=1S/C75H59N4O.Pt/c1-73(2,3)52-36-38-53(39-37-52)75(65-31-16-13-28-59(65)60-29-14-17-32-66(60)75)55-44-63(50-22-9-7-10-23-50)72(64(45-55)51-24-11-8-12-25-51)78-49-77(68-34-19-20-35-69(68)78)56-26-21-27-57(47-56)80-58-40-41-62-61-30-15-18-33-67(61)79(70(62)48-58)71-46-54(42-43-76-71)74(4,5)6;/h7-46,49H,1-6H3;/q-3;. The van der Waals surface area contributed by atoms with Crippen LogP contribution < -0.4 is 14.5 Å². The fourth-order valence-corrected chi connectivity index (χ4v) is 12.4. The van der Waals surface area contributed by atoms with Crippen molar-refractivity contribution in [3.05, 3.63) is 295 Å². The normalized spacial score (nSPS) is 13.5. The van der Waals surface area contributed by atoms with Gasteiger partial charge in [-0.1, -0.05) is 211 Å². The summed E-state index contributed by atoms with van der Waals surface area (Å²) in [5.74, 6) is 2.01. The number of rotatable bonds is 9. The van der Waals surface area contributed by atoms with Crippen molar-refractivity contribution in [1.29, 1.82) is 0 Å². The van der Waals surface area contributed by atoms with Crippen LogP contribution in [0.2, 0.25) is 0 Å². The van der Waals surface area contributed by atoms with Crippen LogP contribution in [0, 0.1) is 18.8 Å². The number of aromatic nitrogens is 2. The quantitative estimate of drug-likeness (QED) is 0.135. The summed E-state index contributed by atoms with van der Waals surface area (Å²) in [6, 6.07) is 93.4. The van der Waals surface area contributed by atoms with Gasteiger partial charge in [-0.2, -0.15) is 12.1 Å². The van der Waals surface area contributed by atoms with Gasteiger partial charge in [0.25, 0.3) is 0 Å². The Morgan fingerprint density at radius 2 is 1.02 bits per heavy atom. The SMILES string of the molecule is CC(C)(C)c1ccc(C2(c3cc(-c4ccccc4)c(N4[CH-]N(c5[c-]c(Oc6[c-]c7c(cc6)c6ccccc6n7-c6cc(C(C)(C)C)ccn6)ccc5)c5ccccc54)c(-c4ccccc4)c3)c3ccccc3-c3ccccc32)cc1.[Pt]. The Bertz CT molecular complexity index is 4230. The second kappa shape index (κ2) is 20.1. The number of pyridine rings is 1. The minimum atomic E-state index is -0.643. The van der Waals surface area contributed by atoms with E-state index in [1.165, 1.54) is 44.5 Å². The predicted molar refractivity (Wildman–Crippen MR) is 330 cm³/mol. The van der Waals surface area contributed by atoms with Crippen LogP contribution in [-0.2, 0) is 37.3 Å². The minimum Gasteiger partial charge on any atom is -0.509 e. The zero-order valence-electron chi connectivity index (χ0n) is 46.2. The van der Waals surface area contributed by atoms with Crippen molar-refractivity contribution in [1.82, 2.24) is 9.55 Å². The fraction of sp³-hybridized carbons (Fsp3) is 0.120. The first-order valence-corrected chi connectivity index (χ1v) is 27.7. The van der Waals surface area contributed by atoms with Crippen LogP contribution in [0.15, 0.2) is 243 Å². The Morgan fingerprint density at radius 1 is 0.457 bits per heavy atom. The zero-order valence-corrected chi connectivity index (χ0v) is 48.5. The number of hydrogen-bond donors (Lipinski definition) is 0. The Morgan fingerprint density at radius 3 is 1.67 bits per heavy atom. The van der Waals surface area contributed by atoms with E-state index >= 15 is 0 Å². The van der Waals surface area contributed by atoms with Gasteiger partial charge in [0.1, 0.15) is 5.82 Å². The van der Waals surface area contributed by atoms with E-state index in [2.05, 4.69) is 293 Å². The molecule has 0 bridgehead atoms. The van der Waals surface area contributed by atoms with Gasteiger partial charge in [0, 0.05) is 72.5 Å². The molecule has 2 aromatic heterocycles. The van der Waals surface area contributed by atoms with Gasteiger partial charge in [0.15, 0.2) is 0 Å². The van der Waals surface area contributed by atoms with E-state index in [1.54, 1.807) is 0 Å². The summed E-state index contributed by atoms with van der Waals surface area (Å²) in [7, 11) is 0. The summed E-state index contributed by atoms with van der Waals surface area (Å²) < 4.78 is 8.99. The first kappa shape index (κ1) is 51.7. The number of fused-ring (bicyclic) bond motifs is 7. The molecule has 398 valence electrons. The number of benzene rings is 10. The van der Waals surface area contributed by atoms with E-state index < -0.39 is 5.41 Å². The summed E-state index contributed by atoms with van der Waals surface area (Å²) in [5, 5.41) is 2.22. The van der Waals surface area contributed by atoms with Crippen molar-refractivity contribution in [2.45, 2.75) is 57.8 Å². The molecule has 2 aliphatic rings. The first-order chi connectivity index (χ1) is 38.9. The van der Waals surface area contributed by atoms with Crippen molar-refractivity contribution in [2.75, 3.05) is 9.80 Å². The number of hydrogen-bond acceptors (Lipinski definition) is 4. The molecule has 3 heterocycles. The molecule has 0 unspecified atom stereocenters. The molecule has 14 rings (SSSR count). The van der Waals surface area contributed by atoms with E-state index in [4.69, 9.17) is 9.72 Å². The van der Waals surface area contributed by atoms with Crippen molar-refractivity contribution in [2.24, 2.45) is 0 Å². The smallest absolute Gasteiger partial charge is 0.135 e. The van der Waals surface area contributed by atoms with Crippen molar-refractivity contribution in [3.63, 3.8) is 0 Å². The maximum absolute atomic E-state index is 6.79. The van der Waals surface area contributed by atoms with Crippen LogP contribution in [0.5, 0.6) is 11.5 Å². The molecule has 0 amide bonds. The molecule has 10 aromatic carbocycles. The maximum Gasteiger partial charge on any atom is 0.135 e.